The Bertz CT molecular complexity index is 407. The van der Waals surface area contributed by atoms with Crippen LogP contribution < -0.4 is 5.32 Å². The highest BCUT2D eigenvalue weighted by atomic mass is 32.1. The summed E-state index contributed by atoms with van der Waals surface area (Å²) in [5, 5.41) is 14.1. The molecule has 1 aliphatic rings. The monoisotopic (exact) mass is 281 g/mol. The summed E-state index contributed by atoms with van der Waals surface area (Å²) >= 11 is 1.76. The molecule has 3 heteroatoms. The van der Waals surface area contributed by atoms with Gasteiger partial charge in [0.25, 0.3) is 0 Å². The highest BCUT2D eigenvalue weighted by molar-refractivity contribution is 7.12. The van der Waals surface area contributed by atoms with E-state index in [2.05, 4.69) is 45.1 Å². The smallest absolute Gasteiger partial charge is 0.103 e. The first-order chi connectivity index (χ1) is 8.91. The van der Waals surface area contributed by atoms with Crippen molar-refractivity contribution in [3.63, 3.8) is 0 Å². The number of aliphatic hydroxyl groups is 1. The van der Waals surface area contributed by atoms with Crippen LogP contribution in [0.3, 0.4) is 0 Å². The molecule has 2 heterocycles. The molecule has 0 bridgehead atoms. The van der Waals surface area contributed by atoms with Crippen molar-refractivity contribution in [3.8, 4) is 0 Å². The van der Waals surface area contributed by atoms with E-state index in [4.69, 9.17) is 0 Å². The van der Waals surface area contributed by atoms with Crippen LogP contribution in [-0.2, 0) is 5.41 Å². The van der Waals surface area contributed by atoms with Crippen LogP contribution in [0.15, 0.2) is 12.1 Å². The third-order valence-electron chi connectivity index (χ3n) is 4.16. The van der Waals surface area contributed by atoms with E-state index in [-0.39, 0.29) is 17.6 Å². The van der Waals surface area contributed by atoms with Crippen molar-refractivity contribution in [2.45, 2.75) is 64.5 Å². The molecule has 0 saturated carbocycles. The SMILES string of the molecule is CCC1CCNC(C(O)c2ccc(C(C)(C)C)s2)C1. The molecule has 0 amide bonds. The molecule has 19 heavy (non-hydrogen) atoms. The topological polar surface area (TPSA) is 32.3 Å². The second-order valence-corrected chi connectivity index (χ2v) is 7.87. The Labute approximate surface area is 121 Å². The molecule has 3 atom stereocenters. The minimum Gasteiger partial charge on any atom is -0.386 e. The van der Waals surface area contributed by atoms with Gasteiger partial charge in [-0.25, -0.2) is 0 Å². The van der Waals surface area contributed by atoms with Crippen LogP contribution >= 0.6 is 11.3 Å². The molecule has 0 spiro atoms. The average Bonchev–Trinajstić information content (AvgIpc) is 2.87. The van der Waals surface area contributed by atoms with Crippen LogP contribution in [0, 0.1) is 5.92 Å². The van der Waals surface area contributed by atoms with Crippen molar-refractivity contribution in [2.75, 3.05) is 6.54 Å². The number of aliphatic hydroxyl groups excluding tert-OH is 1. The van der Waals surface area contributed by atoms with Crippen LogP contribution in [0.5, 0.6) is 0 Å². The van der Waals surface area contributed by atoms with Gasteiger partial charge in [0.15, 0.2) is 0 Å². The van der Waals surface area contributed by atoms with Gasteiger partial charge in [-0.3, -0.25) is 0 Å². The number of hydrogen-bond acceptors (Lipinski definition) is 3. The fourth-order valence-electron chi connectivity index (χ4n) is 2.76. The summed E-state index contributed by atoms with van der Waals surface area (Å²) in [4.78, 5) is 2.46. The van der Waals surface area contributed by atoms with Crippen molar-refractivity contribution in [1.29, 1.82) is 0 Å². The molecule has 1 aromatic rings. The van der Waals surface area contributed by atoms with Gasteiger partial charge in [-0.1, -0.05) is 34.1 Å². The van der Waals surface area contributed by atoms with E-state index in [1.165, 1.54) is 17.7 Å². The highest BCUT2D eigenvalue weighted by Crippen LogP contribution is 2.35. The molecule has 2 rings (SSSR count). The number of rotatable bonds is 3. The van der Waals surface area contributed by atoms with Crippen molar-refractivity contribution in [1.82, 2.24) is 5.32 Å². The Kier molecular flexibility index (Phi) is 4.70. The lowest BCUT2D eigenvalue weighted by Crippen LogP contribution is -2.41. The third-order valence-corrected chi connectivity index (χ3v) is 5.74. The lowest BCUT2D eigenvalue weighted by atomic mass is 9.87. The molecule has 0 aliphatic carbocycles. The quantitative estimate of drug-likeness (QED) is 0.882. The van der Waals surface area contributed by atoms with Crippen LogP contribution in [0.2, 0.25) is 0 Å². The van der Waals surface area contributed by atoms with E-state index in [0.29, 0.717) is 0 Å². The predicted molar refractivity (Wildman–Crippen MR) is 82.8 cm³/mol. The molecule has 2 nitrogen and oxygen atoms in total. The molecule has 1 aromatic heterocycles. The Morgan fingerprint density at radius 1 is 1.42 bits per heavy atom. The van der Waals surface area contributed by atoms with Crippen molar-refractivity contribution in [2.24, 2.45) is 5.92 Å². The van der Waals surface area contributed by atoms with Crippen LogP contribution in [0.1, 0.15) is 62.8 Å². The zero-order chi connectivity index (χ0) is 14.0. The maximum Gasteiger partial charge on any atom is 0.103 e. The van der Waals surface area contributed by atoms with Gasteiger partial charge in [0, 0.05) is 15.8 Å². The van der Waals surface area contributed by atoms with Crippen LogP contribution in [0.4, 0.5) is 0 Å². The van der Waals surface area contributed by atoms with E-state index in [1.54, 1.807) is 11.3 Å². The molecule has 3 unspecified atom stereocenters. The second-order valence-electron chi connectivity index (χ2n) is 6.76. The van der Waals surface area contributed by atoms with Gasteiger partial charge < -0.3 is 10.4 Å². The summed E-state index contributed by atoms with van der Waals surface area (Å²) in [6, 6.07) is 4.50. The Hall–Kier alpha value is -0.380. The summed E-state index contributed by atoms with van der Waals surface area (Å²) < 4.78 is 0. The third kappa shape index (κ3) is 3.59. The summed E-state index contributed by atoms with van der Waals surface area (Å²) in [5.41, 5.74) is 0.175. The summed E-state index contributed by atoms with van der Waals surface area (Å²) in [5.74, 6) is 0.767. The lowest BCUT2D eigenvalue weighted by Gasteiger charge is -2.32. The van der Waals surface area contributed by atoms with E-state index >= 15 is 0 Å². The molecule has 1 saturated heterocycles. The first-order valence-corrected chi connectivity index (χ1v) is 8.25. The number of nitrogens with one attached hydrogen (secondary N) is 1. The fraction of sp³-hybridized carbons (Fsp3) is 0.750. The standard InChI is InChI=1S/C16H27NOS/c1-5-11-8-9-17-12(10-11)15(18)13-6-7-14(19-13)16(2,3)4/h6-7,11-12,15,17-18H,5,8-10H2,1-4H3. The van der Waals surface area contributed by atoms with Gasteiger partial charge in [-0.15, -0.1) is 11.3 Å². The zero-order valence-corrected chi connectivity index (χ0v) is 13.4. The summed E-state index contributed by atoms with van der Waals surface area (Å²) in [6.45, 7) is 9.96. The summed E-state index contributed by atoms with van der Waals surface area (Å²) in [7, 11) is 0. The molecular weight excluding hydrogens is 254 g/mol. The number of thiophene rings is 1. The number of hydrogen-bond donors (Lipinski definition) is 2. The fourth-order valence-corrected chi connectivity index (χ4v) is 3.87. The highest BCUT2D eigenvalue weighted by Gasteiger charge is 2.28. The van der Waals surface area contributed by atoms with Crippen LogP contribution in [-0.4, -0.2) is 17.7 Å². The molecule has 1 aliphatic heterocycles. The Morgan fingerprint density at radius 3 is 2.74 bits per heavy atom. The van der Waals surface area contributed by atoms with Gasteiger partial charge in [-0.05, 0) is 42.9 Å². The summed E-state index contributed by atoms with van der Waals surface area (Å²) in [6.07, 6.45) is 3.22. The van der Waals surface area contributed by atoms with E-state index in [1.807, 2.05) is 0 Å². The lowest BCUT2D eigenvalue weighted by molar-refractivity contribution is 0.101. The van der Waals surface area contributed by atoms with Crippen molar-refractivity contribution < 1.29 is 5.11 Å². The Morgan fingerprint density at radius 2 is 2.16 bits per heavy atom. The second kappa shape index (κ2) is 5.94. The van der Waals surface area contributed by atoms with E-state index in [9.17, 15) is 5.11 Å². The molecule has 1 fully saturated rings. The molecule has 2 N–H and O–H groups in total. The minimum atomic E-state index is -0.351. The van der Waals surface area contributed by atoms with E-state index in [0.717, 1.165) is 23.8 Å². The molecular formula is C16H27NOS. The zero-order valence-electron chi connectivity index (χ0n) is 12.6. The van der Waals surface area contributed by atoms with Gasteiger partial charge in [0.2, 0.25) is 0 Å². The van der Waals surface area contributed by atoms with Gasteiger partial charge in [0.05, 0.1) is 0 Å². The van der Waals surface area contributed by atoms with E-state index < -0.39 is 0 Å². The normalized spacial score (nSPS) is 26.4. The van der Waals surface area contributed by atoms with Gasteiger partial charge in [0.1, 0.15) is 6.10 Å². The molecule has 108 valence electrons. The number of piperidine rings is 1. The minimum absolute atomic E-state index is 0.175. The van der Waals surface area contributed by atoms with Crippen molar-refractivity contribution in [3.05, 3.63) is 21.9 Å². The maximum absolute atomic E-state index is 10.6. The molecule has 0 radical (unpaired) electrons. The van der Waals surface area contributed by atoms with Crippen molar-refractivity contribution >= 4 is 11.3 Å². The maximum atomic E-state index is 10.6. The van der Waals surface area contributed by atoms with Gasteiger partial charge >= 0.3 is 0 Å². The van der Waals surface area contributed by atoms with Gasteiger partial charge in [-0.2, -0.15) is 0 Å². The average molecular weight is 281 g/mol. The Balaban J connectivity index is 2.06. The first-order valence-electron chi connectivity index (χ1n) is 7.43. The van der Waals surface area contributed by atoms with Crippen LogP contribution in [0.25, 0.3) is 0 Å². The first kappa shape index (κ1) is 15.0. The largest absolute Gasteiger partial charge is 0.386 e. The molecule has 0 aromatic carbocycles. The predicted octanol–water partition coefficient (Wildman–Crippen LogP) is 3.86.